The van der Waals surface area contributed by atoms with E-state index in [-0.39, 0.29) is 17.3 Å². The molecule has 0 aliphatic carbocycles. The van der Waals surface area contributed by atoms with Gasteiger partial charge in [0.05, 0.1) is 18.1 Å². The molecule has 140 valence electrons. The standard InChI is InChI=1S/C17H26N2O5S/c1-19(8-10-23-2)25(21,22)16-7-3-6-15(11-16)17(20)18-12-14-5-4-9-24-13-14/h3,6-7,11,14H,4-5,8-10,12-13H2,1-2H3,(H,18,20)/t14-/m0/s1. The molecule has 2 rings (SSSR count). The molecule has 1 saturated heterocycles. The van der Waals surface area contributed by atoms with E-state index in [2.05, 4.69) is 5.32 Å². The van der Waals surface area contributed by atoms with Crippen LogP contribution in [0.5, 0.6) is 0 Å². The predicted molar refractivity (Wildman–Crippen MR) is 94.0 cm³/mol. The molecule has 1 N–H and O–H groups in total. The molecular weight excluding hydrogens is 344 g/mol. The highest BCUT2D eigenvalue weighted by Gasteiger charge is 2.22. The molecule has 1 aromatic carbocycles. The zero-order valence-corrected chi connectivity index (χ0v) is 15.5. The SMILES string of the molecule is COCCN(C)S(=O)(=O)c1cccc(C(=O)NC[C@@H]2CCCOC2)c1. The van der Waals surface area contributed by atoms with Gasteiger partial charge in [0.1, 0.15) is 0 Å². The van der Waals surface area contributed by atoms with Crippen molar-refractivity contribution < 1.29 is 22.7 Å². The van der Waals surface area contributed by atoms with Crippen LogP contribution in [-0.2, 0) is 19.5 Å². The summed E-state index contributed by atoms with van der Waals surface area (Å²) in [5.74, 6) is 0.0342. The molecule has 7 nitrogen and oxygen atoms in total. The summed E-state index contributed by atoms with van der Waals surface area (Å²) < 4.78 is 36.6. The molecule has 0 spiro atoms. The van der Waals surface area contributed by atoms with Crippen LogP contribution in [0.2, 0.25) is 0 Å². The lowest BCUT2D eigenvalue weighted by atomic mass is 10.0. The number of hydrogen-bond donors (Lipinski definition) is 1. The lowest BCUT2D eigenvalue weighted by Crippen LogP contribution is -2.33. The molecule has 0 aromatic heterocycles. The fourth-order valence-electron chi connectivity index (χ4n) is 2.63. The summed E-state index contributed by atoms with van der Waals surface area (Å²) >= 11 is 0. The van der Waals surface area contributed by atoms with Crippen LogP contribution in [0.25, 0.3) is 0 Å². The Labute approximate surface area is 149 Å². The first kappa shape index (κ1) is 19.8. The maximum atomic E-state index is 12.5. The van der Waals surface area contributed by atoms with Gasteiger partial charge in [-0.2, -0.15) is 4.31 Å². The van der Waals surface area contributed by atoms with Gasteiger partial charge in [-0.15, -0.1) is 0 Å². The van der Waals surface area contributed by atoms with E-state index in [1.807, 2.05) is 0 Å². The second kappa shape index (κ2) is 9.28. The summed E-state index contributed by atoms with van der Waals surface area (Å²) in [5.41, 5.74) is 0.331. The molecule has 0 radical (unpaired) electrons. The number of rotatable bonds is 8. The second-order valence-corrected chi connectivity index (χ2v) is 8.19. The summed E-state index contributed by atoms with van der Waals surface area (Å²) in [4.78, 5) is 12.4. The van der Waals surface area contributed by atoms with E-state index >= 15 is 0 Å². The van der Waals surface area contributed by atoms with Crippen LogP contribution < -0.4 is 5.32 Å². The second-order valence-electron chi connectivity index (χ2n) is 6.14. The summed E-state index contributed by atoms with van der Waals surface area (Å²) in [6.07, 6.45) is 2.03. The van der Waals surface area contributed by atoms with Crippen molar-refractivity contribution in [2.75, 3.05) is 47.1 Å². The minimum absolute atomic E-state index is 0.0970. The molecule has 1 aliphatic rings. The highest BCUT2D eigenvalue weighted by atomic mass is 32.2. The van der Waals surface area contributed by atoms with E-state index in [9.17, 15) is 13.2 Å². The first-order valence-corrected chi connectivity index (χ1v) is 9.80. The Morgan fingerprint density at radius 1 is 1.44 bits per heavy atom. The molecule has 1 atom stereocenters. The summed E-state index contributed by atoms with van der Waals surface area (Å²) in [5, 5.41) is 2.86. The summed E-state index contributed by atoms with van der Waals surface area (Å²) in [7, 11) is -0.642. The Bertz CT molecular complexity index is 671. The zero-order chi connectivity index (χ0) is 18.3. The van der Waals surface area contributed by atoms with Crippen molar-refractivity contribution in [3.8, 4) is 0 Å². The number of nitrogens with one attached hydrogen (secondary N) is 1. The van der Waals surface area contributed by atoms with Crippen molar-refractivity contribution in [3.05, 3.63) is 29.8 Å². The third-order valence-corrected chi connectivity index (χ3v) is 6.07. The number of carbonyl (C=O) groups excluding carboxylic acids is 1. The Morgan fingerprint density at radius 3 is 2.92 bits per heavy atom. The van der Waals surface area contributed by atoms with Gasteiger partial charge in [0.25, 0.3) is 5.91 Å². The molecule has 0 bridgehead atoms. The molecule has 8 heteroatoms. The van der Waals surface area contributed by atoms with Gasteiger partial charge in [-0.3, -0.25) is 4.79 Å². The quantitative estimate of drug-likeness (QED) is 0.741. The number of ether oxygens (including phenoxy) is 2. The van der Waals surface area contributed by atoms with E-state index < -0.39 is 10.0 Å². The van der Waals surface area contributed by atoms with Crippen LogP contribution in [0.1, 0.15) is 23.2 Å². The molecule has 1 amide bonds. The fourth-order valence-corrected chi connectivity index (χ4v) is 3.83. The van der Waals surface area contributed by atoms with E-state index in [0.29, 0.717) is 31.2 Å². The first-order chi connectivity index (χ1) is 11.9. The van der Waals surface area contributed by atoms with Crippen LogP contribution >= 0.6 is 0 Å². The van der Waals surface area contributed by atoms with E-state index in [1.54, 1.807) is 12.1 Å². The maximum Gasteiger partial charge on any atom is 0.251 e. The number of nitrogens with zero attached hydrogens (tertiary/aromatic N) is 1. The monoisotopic (exact) mass is 370 g/mol. The van der Waals surface area contributed by atoms with Gasteiger partial charge in [0.2, 0.25) is 10.0 Å². The first-order valence-electron chi connectivity index (χ1n) is 8.36. The van der Waals surface area contributed by atoms with Gasteiger partial charge >= 0.3 is 0 Å². The molecule has 1 aliphatic heterocycles. The van der Waals surface area contributed by atoms with Crippen molar-refractivity contribution in [2.45, 2.75) is 17.7 Å². The Hall–Kier alpha value is -1.48. The van der Waals surface area contributed by atoms with Gasteiger partial charge in [0, 0.05) is 39.4 Å². The Kier molecular flexibility index (Phi) is 7.37. The van der Waals surface area contributed by atoms with Crippen molar-refractivity contribution in [3.63, 3.8) is 0 Å². The summed E-state index contributed by atoms with van der Waals surface area (Å²) in [6.45, 7) is 2.51. The fraction of sp³-hybridized carbons (Fsp3) is 0.588. The number of amides is 1. The van der Waals surface area contributed by atoms with Crippen LogP contribution in [0.4, 0.5) is 0 Å². The minimum Gasteiger partial charge on any atom is -0.383 e. The molecule has 1 aromatic rings. The molecule has 25 heavy (non-hydrogen) atoms. The van der Waals surface area contributed by atoms with Crippen molar-refractivity contribution in [1.29, 1.82) is 0 Å². The van der Waals surface area contributed by atoms with E-state index in [1.165, 1.54) is 30.6 Å². The number of likely N-dealkylation sites (N-methyl/N-ethyl adjacent to an activating group) is 1. The molecule has 0 saturated carbocycles. The third-order valence-electron chi connectivity index (χ3n) is 4.22. The van der Waals surface area contributed by atoms with Crippen molar-refractivity contribution in [2.24, 2.45) is 5.92 Å². The summed E-state index contributed by atoms with van der Waals surface area (Å²) in [6, 6.07) is 6.09. The average Bonchev–Trinajstić information content (AvgIpc) is 2.65. The lowest BCUT2D eigenvalue weighted by Gasteiger charge is -2.22. The maximum absolute atomic E-state index is 12.5. The Morgan fingerprint density at radius 2 is 2.24 bits per heavy atom. The number of benzene rings is 1. The van der Waals surface area contributed by atoms with Gasteiger partial charge in [-0.25, -0.2) is 8.42 Å². The van der Waals surface area contributed by atoms with Crippen molar-refractivity contribution in [1.82, 2.24) is 9.62 Å². The van der Waals surface area contributed by atoms with Gasteiger partial charge in [-0.05, 0) is 37.0 Å². The van der Waals surface area contributed by atoms with E-state index in [4.69, 9.17) is 9.47 Å². The van der Waals surface area contributed by atoms with Crippen LogP contribution in [0, 0.1) is 5.92 Å². The molecular formula is C17H26N2O5S. The lowest BCUT2D eigenvalue weighted by molar-refractivity contribution is 0.0536. The van der Waals surface area contributed by atoms with E-state index in [0.717, 1.165) is 19.4 Å². The Balaban J connectivity index is 2.02. The number of methoxy groups -OCH3 is 1. The topological polar surface area (TPSA) is 84.9 Å². The minimum atomic E-state index is -3.65. The van der Waals surface area contributed by atoms with Crippen LogP contribution in [-0.4, -0.2) is 65.7 Å². The zero-order valence-electron chi connectivity index (χ0n) is 14.7. The highest BCUT2D eigenvalue weighted by Crippen LogP contribution is 2.17. The van der Waals surface area contributed by atoms with Crippen LogP contribution in [0.3, 0.4) is 0 Å². The number of sulfonamides is 1. The highest BCUT2D eigenvalue weighted by molar-refractivity contribution is 7.89. The number of carbonyl (C=O) groups is 1. The smallest absolute Gasteiger partial charge is 0.251 e. The van der Waals surface area contributed by atoms with Gasteiger partial charge in [-0.1, -0.05) is 6.07 Å². The molecule has 0 unspecified atom stereocenters. The normalized spacial score (nSPS) is 18.3. The predicted octanol–water partition coefficient (Wildman–Crippen LogP) is 1.11. The van der Waals surface area contributed by atoms with Crippen molar-refractivity contribution >= 4 is 15.9 Å². The van der Waals surface area contributed by atoms with Crippen LogP contribution in [0.15, 0.2) is 29.2 Å². The average molecular weight is 370 g/mol. The van der Waals surface area contributed by atoms with Gasteiger partial charge < -0.3 is 14.8 Å². The third kappa shape index (κ3) is 5.50. The molecule has 1 heterocycles. The number of hydrogen-bond acceptors (Lipinski definition) is 5. The largest absolute Gasteiger partial charge is 0.383 e. The van der Waals surface area contributed by atoms with Gasteiger partial charge in [0.15, 0.2) is 0 Å². The molecule has 1 fully saturated rings.